The zero-order valence-corrected chi connectivity index (χ0v) is 15.1. The molecule has 136 valence electrons. The van der Waals surface area contributed by atoms with Gasteiger partial charge in [-0.1, -0.05) is 0 Å². The summed E-state index contributed by atoms with van der Waals surface area (Å²) in [6, 6.07) is 3.61. The molecular formula is C16H19N7O2S. The first kappa shape index (κ1) is 16.7. The Bertz CT molecular complexity index is 944. The van der Waals surface area contributed by atoms with Crippen molar-refractivity contribution in [1.29, 1.82) is 0 Å². The molecule has 0 unspecified atom stereocenters. The normalized spacial score (nSPS) is 15.5. The maximum atomic E-state index is 12.7. The molecule has 0 fully saturated rings. The van der Waals surface area contributed by atoms with Gasteiger partial charge in [0.1, 0.15) is 11.9 Å². The Morgan fingerprint density at radius 1 is 1.42 bits per heavy atom. The third-order valence-corrected chi connectivity index (χ3v) is 5.21. The Kier molecular flexibility index (Phi) is 4.21. The van der Waals surface area contributed by atoms with Crippen LogP contribution in [0.1, 0.15) is 40.0 Å². The molecule has 3 aromatic rings. The van der Waals surface area contributed by atoms with Crippen LogP contribution < -0.4 is 5.73 Å². The monoisotopic (exact) mass is 373 g/mol. The summed E-state index contributed by atoms with van der Waals surface area (Å²) in [5, 5.41) is 20.9. The summed E-state index contributed by atoms with van der Waals surface area (Å²) < 4.78 is 7.46. The van der Waals surface area contributed by atoms with E-state index in [4.69, 9.17) is 5.73 Å². The molecule has 1 amide bonds. The molecule has 3 N–H and O–H groups in total. The van der Waals surface area contributed by atoms with Crippen LogP contribution in [0.3, 0.4) is 0 Å². The third-order valence-electron chi connectivity index (χ3n) is 4.57. The summed E-state index contributed by atoms with van der Waals surface area (Å²) >= 11 is 1.18. The summed E-state index contributed by atoms with van der Waals surface area (Å²) in [6.07, 6.45) is 1.56. The first-order valence-corrected chi connectivity index (χ1v) is 9.10. The zero-order chi connectivity index (χ0) is 18.3. The molecule has 3 aromatic heterocycles. The molecule has 0 bridgehead atoms. The van der Waals surface area contributed by atoms with E-state index >= 15 is 0 Å². The van der Waals surface area contributed by atoms with Crippen molar-refractivity contribution in [3.05, 3.63) is 46.4 Å². The van der Waals surface area contributed by atoms with Gasteiger partial charge >= 0.3 is 0 Å². The van der Waals surface area contributed by atoms with Crippen LogP contribution in [0, 0.1) is 0 Å². The molecule has 1 aliphatic rings. The summed E-state index contributed by atoms with van der Waals surface area (Å²) in [7, 11) is 1.78. The number of anilines is 1. The summed E-state index contributed by atoms with van der Waals surface area (Å²) in [5.41, 5.74) is 8.33. The average molecular weight is 373 g/mol. The van der Waals surface area contributed by atoms with Gasteiger partial charge in [0, 0.05) is 31.7 Å². The second-order valence-electron chi connectivity index (χ2n) is 6.26. The molecule has 0 saturated carbocycles. The van der Waals surface area contributed by atoms with Gasteiger partial charge in [0.15, 0.2) is 0 Å². The van der Waals surface area contributed by atoms with Crippen molar-refractivity contribution in [1.82, 2.24) is 28.8 Å². The van der Waals surface area contributed by atoms with Crippen LogP contribution in [-0.4, -0.2) is 46.4 Å². The van der Waals surface area contributed by atoms with Crippen molar-refractivity contribution in [2.45, 2.75) is 25.6 Å². The van der Waals surface area contributed by atoms with Crippen LogP contribution in [0.5, 0.6) is 0 Å². The highest BCUT2D eigenvalue weighted by atomic mass is 32.1. The Labute approximate surface area is 153 Å². The number of aromatic nitrogens is 5. The number of carbonyl (C=O) groups excluding carboxylic acids is 1. The minimum absolute atomic E-state index is 0.125. The van der Waals surface area contributed by atoms with Gasteiger partial charge < -0.3 is 15.7 Å². The maximum Gasteiger partial charge on any atom is 0.258 e. The summed E-state index contributed by atoms with van der Waals surface area (Å²) in [4.78, 5) is 14.5. The number of fused-ring (bicyclic) bond motifs is 1. The highest BCUT2D eigenvalue weighted by molar-refractivity contribution is 7.04. The molecule has 1 aliphatic heterocycles. The number of hydrogen-bond acceptors (Lipinski definition) is 7. The van der Waals surface area contributed by atoms with Crippen molar-refractivity contribution in [3.63, 3.8) is 0 Å². The third kappa shape index (κ3) is 2.86. The molecule has 0 aromatic carbocycles. The lowest BCUT2D eigenvalue weighted by Crippen LogP contribution is -2.31. The van der Waals surface area contributed by atoms with Crippen LogP contribution >= 0.6 is 11.5 Å². The number of aliphatic hydroxyl groups is 1. The summed E-state index contributed by atoms with van der Waals surface area (Å²) in [5.74, 6) is 0.143. The second kappa shape index (κ2) is 6.54. The number of nitrogen functional groups attached to an aromatic ring is 1. The van der Waals surface area contributed by atoms with E-state index in [-0.39, 0.29) is 11.7 Å². The number of carbonyl (C=O) groups is 1. The number of hydrogen-bond donors (Lipinski definition) is 2. The Morgan fingerprint density at radius 3 is 2.96 bits per heavy atom. The molecule has 9 nitrogen and oxygen atoms in total. The SMILES string of the molecule is Cn1nccc1[C@H](O)c1cc2n(n1)CCCN(C(=O)c1csnc1N)C2. The maximum absolute atomic E-state index is 12.7. The zero-order valence-electron chi connectivity index (χ0n) is 14.2. The summed E-state index contributed by atoms with van der Waals surface area (Å²) in [6.45, 7) is 1.73. The van der Waals surface area contributed by atoms with Crippen LogP contribution in [0.15, 0.2) is 23.7 Å². The van der Waals surface area contributed by atoms with Gasteiger partial charge in [-0.05, 0) is 30.1 Å². The molecule has 0 spiro atoms. The number of aliphatic hydroxyl groups excluding tert-OH is 1. The number of aryl methyl sites for hydroxylation is 2. The standard InChI is InChI=1S/C16H19N7O2S/c1-21-13(3-4-18-21)14(24)12-7-10-8-22(5-2-6-23(10)19-12)16(25)11-9-26-20-15(11)17/h3-4,7,9,14,24H,2,5-6,8H2,1H3,(H2,17,20)/t14-/m1/s1. The predicted molar refractivity (Wildman–Crippen MR) is 95.4 cm³/mol. The van der Waals surface area contributed by atoms with E-state index in [1.807, 2.05) is 10.7 Å². The smallest absolute Gasteiger partial charge is 0.258 e. The Morgan fingerprint density at radius 2 is 2.27 bits per heavy atom. The fraction of sp³-hybridized carbons (Fsp3) is 0.375. The molecule has 1 atom stereocenters. The van der Waals surface area contributed by atoms with Crippen molar-refractivity contribution in [2.75, 3.05) is 12.3 Å². The second-order valence-corrected chi connectivity index (χ2v) is 6.89. The van der Waals surface area contributed by atoms with Gasteiger partial charge in [0.05, 0.1) is 29.2 Å². The van der Waals surface area contributed by atoms with Crippen LogP contribution in [0.4, 0.5) is 5.82 Å². The number of nitrogens with two attached hydrogens (primary N) is 1. The minimum atomic E-state index is -0.859. The van der Waals surface area contributed by atoms with Crippen molar-refractivity contribution in [3.8, 4) is 0 Å². The van der Waals surface area contributed by atoms with Gasteiger partial charge in [-0.3, -0.25) is 14.2 Å². The van der Waals surface area contributed by atoms with Crippen LogP contribution in [0.2, 0.25) is 0 Å². The largest absolute Gasteiger partial charge is 0.382 e. The lowest BCUT2D eigenvalue weighted by Gasteiger charge is -2.19. The molecule has 0 radical (unpaired) electrons. The van der Waals surface area contributed by atoms with Crippen molar-refractivity contribution in [2.24, 2.45) is 7.05 Å². The molecule has 10 heteroatoms. The van der Waals surface area contributed by atoms with Gasteiger partial charge in [-0.2, -0.15) is 14.6 Å². The van der Waals surface area contributed by atoms with E-state index in [2.05, 4.69) is 14.6 Å². The van der Waals surface area contributed by atoms with Crippen molar-refractivity contribution >= 4 is 23.3 Å². The predicted octanol–water partition coefficient (Wildman–Crippen LogP) is 0.783. The molecule has 26 heavy (non-hydrogen) atoms. The van der Waals surface area contributed by atoms with Crippen molar-refractivity contribution < 1.29 is 9.90 Å². The van der Waals surface area contributed by atoms with E-state index in [0.717, 1.165) is 12.1 Å². The number of amides is 1. The fourth-order valence-corrected chi connectivity index (χ4v) is 3.76. The first-order valence-electron chi connectivity index (χ1n) is 8.26. The topological polar surface area (TPSA) is 115 Å². The lowest BCUT2D eigenvalue weighted by atomic mass is 10.1. The van der Waals surface area contributed by atoms with E-state index < -0.39 is 6.10 Å². The Balaban J connectivity index is 1.59. The van der Waals surface area contributed by atoms with E-state index in [9.17, 15) is 9.90 Å². The molecule has 4 rings (SSSR count). The molecule has 0 saturated heterocycles. The van der Waals surface area contributed by atoms with E-state index in [1.54, 1.807) is 34.3 Å². The highest BCUT2D eigenvalue weighted by Crippen LogP contribution is 2.24. The highest BCUT2D eigenvalue weighted by Gasteiger charge is 2.26. The van der Waals surface area contributed by atoms with Gasteiger partial charge in [-0.15, -0.1) is 0 Å². The quantitative estimate of drug-likeness (QED) is 0.701. The van der Waals surface area contributed by atoms with Crippen LogP contribution in [0.25, 0.3) is 0 Å². The Hall–Kier alpha value is -2.72. The fourth-order valence-electron chi connectivity index (χ4n) is 3.17. The molecule has 4 heterocycles. The van der Waals surface area contributed by atoms with E-state index in [0.29, 0.717) is 36.6 Å². The molecule has 0 aliphatic carbocycles. The first-order chi connectivity index (χ1) is 12.5. The van der Waals surface area contributed by atoms with Gasteiger partial charge in [0.25, 0.3) is 5.91 Å². The number of nitrogens with zero attached hydrogens (tertiary/aromatic N) is 6. The number of rotatable bonds is 3. The van der Waals surface area contributed by atoms with Gasteiger partial charge in [0.2, 0.25) is 0 Å². The van der Waals surface area contributed by atoms with Crippen LogP contribution in [-0.2, 0) is 20.1 Å². The average Bonchev–Trinajstić information content (AvgIpc) is 3.31. The minimum Gasteiger partial charge on any atom is -0.382 e. The molecular weight excluding hydrogens is 354 g/mol. The van der Waals surface area contributed by atoms with Gasteiger partial charge in [-0.25, -0.2) is 0 Å². The lowest BCUT2D eigenvalue weighted by molar-refractivity contribution is 0.0747. The van der Waals surface area contributed by atoms with E-state index in [1.165, 1.54) is 11.5 Å².